The van der Waals surface area contributed by atoms with E-state index in [1.807, 2.05) is 13.0 Å². The molecule has 1 aromatic rings. The maximum absolute atomic E-state index is 10.3. The van der Waals surface area contributed by atoms with Crippen LogP contribution >= 0.6 is 22.9 Å². The lowest BCUT2D eigenvalue weighted by molar-refractivity contribution is -0.0817. The monoisotopic (exact) mass is 387 g/mol. The molecular formula is C17H26ClN3O3S. The number of hydrogen-bond acceptors (Lipinski definition) is 5. The van der Waals surface area contributed by atoms with Gasteiger partial charge >= 0.3 is 0 Å². The van der Waals surface area contributed by atoms with Gasteiger partial charge in [0.1, 0.15) is 12.2 Å². The minimum atomic E-state index is -0.638. The molecule has 3 unspecified atom stereocenters. The van der Waals surface area contributed by atoms with Crippen molar-refractivity contribution in [1.29, 1.82) is 0 Å². The Kier molecular flexibility index (Phi) is 6.95. The molecule has 1 aromatic heterocycles. The molecule has 3 heterocycles. The molecule has 8 heteroatoms. The number of aliphatic hydroxyl groups is 1. The third-order valence-corrected chi connectivity index (χ3v) is 5.78. The van der Waals surface area contributed by atoms with Crippen LogP contribution in [-0.4, -0.2) is 67.6 Å². The average molecular weight is 388 g/mol. The molecule has 2 fully saturated rings. The van der Waals surface area contributed by atoms with Gasteiger partial charge in [-0.3, -0.25) is 4.99 Å². The van der Waals surface area contributed by atoms with Crippen LogP contribution in [0.3, 0.4) is 0 Å². The predicted octanol–water partition coefficient (Wildman–Crippen LogP) is 2.28. The molecule has 2 aliphatic rings. The lowest BCUT2D eigenvalue weighted by Crippen LogP contribution is -2.53. The van der Waals surface area contributed by atoms with Gasteiger partial charge in [0.25, 0.3) is 0 Å². The second-order valence-electron chi connectivity index (χ2n) is 6.26. The van der Waals surface area contributed by atoms with E-state index in [-0.39, 0.29) is 12.2 Å². The largest absolute Gasteiger partial charge is 0.386 e. The molecule has 2 N–H and O–H groups in total. The van der Waals surface area contributed by atoms with Gasteiger partial charge in [0.05, 0.1) is 23.6 Å². The molecule has 2 saturated heterocycles. The second kappa shape index (κ2) is 9.19. The highest BCUT2D eigenvalue weighted by atomic mass is 35.5. The average Bonchev–Trinajstić information content (AvgIpc) is 3.30. The molecule has 0 radical (unpaired) electrons. The number of aliphatic imine (C=N–C) groups is 1. The minimum absolute atomic E-state index is 0.0844. The molecule has 0 aromatic carbocycles. The number of nitrogens with one attached hydrogen (secondary N) is 1. The van der Waals surface area contributed by atoms with Crippen LogP contribution in [-0.2, 0) is 9.47 Å². The fourth-order valence-corrected chi connectivity index (χ4v) is 4.22. The molecule has 0 bridgehead atoms. The summed E-state index contributed by atoms with van der Waals surface area (Å²) >= 11 is 7.33. The van der Waals surface area contributed by atoms with Gasteiger partial charge in [0, 0.05) is 31.1 Å². The Labute approximate surface area is 157 Å². The van der Waals surface area contributed by atoms with Crippen molar-refractivity contribution in [1.82, 2.24) is 10.2 Å². The lowest BCUT2D eigenvalue weighted by Gasteiger charge is -2.37. The summed E-state index contributed by atoms with van der Waals surface area (Å²) in [5.74, 6) is 0.815. The maximum Gasteiger partial charge on any atom is 0.194 e. The van der Waals surface area contributed by atoms with E-state index >= 15 is 0 Å². The molecule has 0 saturated carbocycles. The number of guanidine groups is 1. The molecule has 2 aliphatic heterocycles. The number of nitrogens with zero attached hydrogens (tertiary/aromatic N) is 2. The third kappa shape index (κ3) is 5.08. The lowest BCUT2D eigenvalue weighted by atomic mass is 10.1. The van der Waals surface area contributed by atoms with Crippen molar-refractivity contribution in [3.63, 3.8) is 0 Å². The van der Waals surface area contributed by atoms with Gasteiger partial charge in [0.15, 0.2) is 5.96 Å². The quantitative estimate of drug-likeness (QED) is 0.599. The van der Waals surface area contributed by atoms with E-state index in [1.54, 1.807) is 6.07 Å². The molecular weight excluding hydrogens is 362 g/mol. The van der Waals surface area contributed by atoms with Crippen molar-refractivity contribution in [2.45, 2.75) is 38.1 Å². The zero-order chi connectivity index (χ0) is 17.6. The van der Waals surface area contributed by atoms with Crippen LogP contribution in [0.1, 0.15) is 30.7 Å². The van der Waals surface area contributed by atoms with Gasteiger partial charge in [-0.1, -0.05) is 11.6 Å². The van der Waals surface area contributed by atoms with E-state index in [0.717, 1.165) is 49.9 Å². The number of ether oxygens (including phenoxy) is 2. The van der Waals surface area contributed by atoms with Crippen LogP contribution in [0.2, 0.25) is 4.34 Å². The van der Waals surface area contributed by atoms with Gasteiger partial charge in [-0.2, -0.15) is 0 Å². The fourth-order valence-electron chi connectivity index (χ4n) is 3.18. The van der Waals surface area contributed by atoms with E-state index in [0.29, 0.717) is 17.5 Å². The highest BCUT2D eigenvalue weighted by Crippen LogP contribution is 2.27. The molecule has 0 aliphatic carbocycles. The predicted molar refractivity (Wildman–Crippen MR) is 101 cm³/mol. The fraction of sp³-hybridized carbons (Fsp3) is 0.706. The standard InChI is InChI=1S/C17H26ClN3O3S/c1-2-19-17(20-10-12(22)15-5-6-16(18)25-15)21-7-9-24-14(11-21)13-4-3-8-23-13/h5-6,12-14,22H,2-4,7-11H2,1H3,(H,19,20). The Bertz CT molecular complexity index is 577. The number of rotatable bonds is 5. The first-order valence-corrected chi connectivity index (χ1v) is 10.1. The van der Waals surface area contributed by atoms with Crippen LogP contribution in [0.15, 0.2) is 17.1 Å². The first-order chi connectivity index (χ1) is 12.2. The van der Waals surface area contributed by atoms with Crippen LogP contribution in [0, 0.1) is 0 Å². The van der Waals surface area contributed by atoms with Crippen molar-refractivity contribution in [3.8, 4) is 0 Å². The smallest absolute Gasteiger partial charge is 0.194 e. The SMILES string of the molecule is CCNC(=NCC(O)c1ccc(Cl)s1)N1CCOC(C2CCCO2)C1. The first-order valence-electron chi connectivity index (χ1n) is 8.87. The van der Waals surface area contributed by atoms with Gasteiger partial charge in [-0.25, -0.2) is 0 Å². The Morgan fingerprint density at radius 1 is 1.44 bits per heavy atom. The van der Waals surface area contributed by atoms with Gasteiger partial charge < -0.3 is 24.8 Å². The summed E-state index contributed by atoms with van der Waals surface area (Å²) in [5.41, 5.74) is 0. The Hall–Kier alpha value is -0.860. The van der Waals surface area contributed by atoms with Crippen LogP contribution in [0.25, 0.3) is 0 Å². The summed E-state index contributed by atoms with van der Waals surface area (Å²) in [4.78, 5) is 7.67. The van der Waals surface area contributed by atoms with Crippen LogP contribution in [0.5, 0.6) is 0 Å². The zero-order valence-corrected chi connectivity index (χ0v) is 16.1. The second-order valence-corrected chi connectivity index (χ2v) is 8.01. The summed E-state index contributed by atoms with van der Waals surface area (Å²) in [6, 6.07) is 3.65. The van der Waals surface area contributed by atoms with E-state index in [1.165, 1.54) is 11.3 Å². The van der Waals surface area contributed by atoms with Crippen molar-refractivity contribution >= 4 is 28.9 Å². The van der Waals surface area contributed by atoms with Gasteiger partial charge in [-0.05, 0) is 31.9 Å². The van der Waals surface area contributed by atoms with E-state index < -0.39 is 6.10 Å². The number of thiophene rings is 1. The number of hydrogen-bond donors (Lipinski definition) is 2. The molecule has 0 spiro atoms. The number of aliphatic hydroxyl groups excluding tert-OH is 1. The Balaban J connectivity index is 1.62. The van der Waals surface area contributed by atoms with E-state index in [2.05, 4.69) is 15.2 Å². The van der Waals surface area contributed by atoms with Crippen molar-refractivity contribution < 1.29 is 14.6 Å². The van der Waals surface area contributed by atoms with Crippen molar-refractivity contribution in [2.24, 2.45) is 4.99 Å². The summed E-state index contributed by atoms with van der Waals surface area (Å²) in [6.07, 6.45) is 1.80. The van der Waals surface area contributed by atoms with Crippen LogP contribution < -0.4 is 5.32 Å². The van der Waals surface area contributed by atoms with Crippen molar-refractivity contribution in [3.05, 3.63) is 21.3 Å². The van der Waals surface area contributed by atoms with Crippen LogP contribution in [0.4, 0.5) is 0 Å². The van der Waals surface area contributed by atoms with Gasteiger partial charge in [-0.15, -0.1) is 11.3 Å². The molecule has 140 valence electrons. The molecule has 25 heavy (non-hydrogen) atoms. The summed E-state index contributed by atoms with van der Waals surface area (Å²) in [7, 11) is 0. The Morgan fingerprint density at radius 2 is 2.28 bits per heavy atom. The molecule has 3 rings (SSSR count). The zero-order valence-electron chi connectivity index (χ0n) is 14.5. The summed E-state index contributed by atoms with van der Waals surface area (Å²) in [6.45, 7) is 6.17. The summed E-state index contributed by atoms with van der Waals surface area (Å²) < 4.78 is 12.4. The van der Waals surface area contributed by atoms with Crippen molar-refractivity contribution in [2.75, 3.05) is 39.4 Å². The van der Waals surface area contributed by atoms with Gasteiger partial charge in [0.2, 0.25) is 0 Å². The first kappa shape index (κ1) is 18.9. The number of halogens is 1. The number of morpholine rings is 1. The van der Waals surface area contributed by atoms with E-state index in [9.17, 15) is 5.11 Å². The highest BCUT2D eigenvalue weighted by Gasteiger charge is 2.32. The molecule has 3 atom stereocenters. The van der Waals surface area contributed by atoms with E-state index in [4.69, 9.17) is 21.1 Å². The third-order valence-electron chi connectivity index (χ3n) is 4.44. The maximum atomic E-state index is 10.3. The highest BCUT2D eigenvalue weighted by molar-refractivity contribution is 7.16. The minimum Gasteiger partial charge on any atom is -0.386 e. The molecule has 6 nitrogen and oxygen atoms in total. The Morgan fingerprint density at radius 3 is 2.96 bits per heavy atom. The summed E-state index contributed by atoms with van der Waals surface area (Å²) in [5, 5.41) is 13.6. The molecule has 0 amide bonds. The topological polar surface area (TPSA) is 66.3 Å². The normalized spacial score (nSPS) is 26.0.